The van der Waals surface area contributed by atoms with Crippen molar-refractivity contribution in [2.24, 2.45) is 29.6 Å². The zero-order valence-electron chi connectivity index (χ0n) is 11.5. The quantitative estimate of drug-likeness (QED) is 0.584. The standard InChI is InChI=1S/C16H28/c1-5-7-8-14-10-15-11(3)9-13(6-2)16(14)12(15)4/h8,11-13,15-16H,5-7,9-10H2,1-4H3/b14-8-. The fraction of sp³-hybridized carbons (Fsp3) is 0.875. The van der Waals surface area contributed by atoms with E-state index in [0.29, 0.717) is 0 Å². The zero-order valence-corrected chi connectivity index (χ0v) is 11.5. The topological polar surface area (TPSA) is 0 Å². The van der Waals surface area contributed by atoms with Gasteiger partial charge in [0.05, 0.1) is 0 Å². The van der Waals surface area contributed by atoms with Crippen LogP contribution in [0.15, 0.2) is 11.6 Å². The second kappa shape index (κ2) is 4.94. The van der Waals surface area contributed by atoms with Crippen LogP contribution in [0.4, 0.5) is 0 Å². The molecule has 0 aromatic heterocycles. The fourth-order valence-corrected chi connectivity index (χ4v) is 4.42. The van der Waals surface area contributed by atoms with Crippen molar-refractivity contribution >= 4 is 0 Å². The van der Waals surface area contributed by atoms with E-state index in [1.165, 1.54) is 32.1 Å². The van der Waals surface area contributed by atoms with E-state index in [-0.39, 0.29) is 0 Å². The molecule has 2 saturated carbocycles. The molecule has 92 valence electrons. The average Bonchev–Trinajstić information content (AvgIpc) is 2.51. The molecule has 5 atom stereocenters. The molecule has 0 saturated heterocycles. The van der Waals surface area contributed by atoms with Crippen LogP contribution in [0.3, 0.4) is 0 Å². The summed E-state index contributed by atoms with van der Waals surface area (Å²) in [5, 5.41) is 0. The van der Waals surface area contributed by atoms with Gasteiger partial charge >= 0.3 is 0 Å². The van der Waals surface area contributed by atoms with Gasteiger partial charge < -0.3 is 0 Å². The molecule has 0 heterocycles. The first-order valence-electron chi connectivity index (χ1n) is 7.37. The van der Waals surface area contributed by atoms with Gasteiger partial charge in [-0.25, -0.2) is 0 Å². The van der Waals surface area contributed by atoms with Crippen molar-refractivity contribution in [3.63, 3.8) is 0 Å². The lowest BCUT2D eigenvalue weighted by molar-refractivity contribution is 0.119. The third-order valence-corrected chi connectivity index (χ3v) is 5.27. The first-order chi connectivity index (χ1) is 7.69. The maximum atomic E-state index is 2.59. The number of rotatable bonds is 3. The molecule has 5 unspecified atom stereocenters. The Bertz CT molecular complexity index is 263. The van der Waals surface area contributed by atoms with Crippen molar-refractivity contribution in [1.82, 2.24) is 0 Å². The maximum Gasteiger partial charge on any atom is -0.0146 e. The molecule has 16 heavy (non-hydrogen) atoms. The van der Waals surface area contributed by atoms with Crippen molar-refractivity contribution in [3.8, 4) is 0 Å². The van der Waals surface area contributed by atoms with Gasteiger partial charge in [-0.2, -0.15) is 0 Å². The Balaban J connectivity index is 2.20. The summed E-state index contributed by atoms with van der Waals surface area (Å²) in [5.41, 5.74) is 1.83. The van der Waals surface area contributed by atoms with Gasteiger partial charge in [0.25, 0.3) is 0 Å². The first kappa shape index (κ1) is 12.2. The molecule has 0 nitrogen and oxygen atoms in total. The van der Waals surface area contributed by atoms with Crippen LogP contribution < -0.4 is 0 Å². The predicted molar refractivity (Wildman–Crippen MR) is 71.3 cm³/mol. The van der Waals surface area contributed by atoms with Crippen LogP contribution in [0.2, 0.25) is 0 Å². The minimum Gasteiger partial charge on any atom is -0.0850 e. The van der Waals surface area contributed by atoms with Crippen molar-refractivity contribution in [3.05, 3.63) is 11.6 Å². The molecule has 0 aromatic carbocycles. The highest BCUT2D eigenvalue weighted by molar-refractivity contribution is 5.19. The van der Waals surface area contributed by atoms with E-state index < -0.39 is 0 Å². The second-order valence-electron chi connectivity index (χ2n) is 6.20. The summed E-state index contributed by atoms with van der Waals surface area (Å²) in [6, 6.07) is 0. The Kier molecular flexibility index (Phi) is 3.77. The molecule has 2 rings (SSSR count). The Hall–Kier alpha value is -0.260. The highest BCUT2D eigenvalue weighted by Gasteiger charge is 2.46. The van der Waals surface area contributed by atoms with Crippen molar-refractivity contribution in [2.75, 3.05) is 0 Å². The molecule has 0 aromatic rings. The van der Waals surface area contributed by atoms with Crippen LogP contribution in [-0.2, 0) is 0 Å². The lowest BCUT2D eigenvalue weighted by atomic mass is 9.67. The maximum absolute atomic E-state index is 2.59. The normalized spacial score (nSPS) is 45.2. The van der Waals surface area contributed by atoms with Gasteiger partial charge in [0.1, 0.15) is 0 Å². The van der Waals surface area contributed by atoms with E-state index in [9.17, 15) is 0 Å². The van der Waals surface area contributed by atoms with Gasteiger partial charge in [-0.3, -0.25) is 0 Å². The van der Waals surface area contributed by atoms with Crippen LogP contribution in [0, 0.1) is 29.6 Å². The molecule has 2 aliphatic carbocycles. The van der Waals surface area contributed by atoms with E-state index >= 15 is 0 Å². The molecule has 0 amide bonds. The van der Waals surface area contributed by atoms with Crippen LogP contribution in [0.5, 0.6) is 0 Å². The largest absolute Gasteiger partial charge is 0.0850 e. The van der Waals surface area contributed by atoms with Crippen molar-refractivity contribution in [1.29, 1.82) is 0 Å². The van der Waals surface area contributed by atoms with Crippen LogP contribution in [-0.4, -0.2) is 0 Å². The number of hydrogen-bond acceptors (Lipinski definition) is 0. The number of unbranched alkanes of at least 4 members (excludes halogenated alkanes) is 1. The third kappa shape index (κ3) is 1.96. The highest BCUT2D eigenvalue weighted by Crippen LogP contribution is 2.55. The Morgan fingerprint density at radius 1 is 1.25 bits per heavy atom. The molecule has 2 fully saturated rings. The van der Waals surface area contributed by atoms with Crippen LogP contribution >= 0.6 is 0 Å². The number of allylic oxidation sites excluding steroid dienone is 2. The first-order valence-corrected chi connectivity index (χ1v) is 7.37. The summed E-state index contributed by atoms with van der Waals surface area (Å²) >= 11 is 0. The molecular weight excluding hydrogens is 192 g/mol. The molecule has 0 radical (unpaired) electrons. The predicted octanol–water partition coefficient (Wildman–Crippen LogP) is 5.05. The minimum atomic E-state index is 0.942. The summed E-state index contributed by atoms with van der Waals surface area (Å²) in [7, 11) is 0. The highest BCUT2D eigenvalue weighted by atomic mass is 14.5. The molecule has 2 aliphatic rings. The van der Waals surface area contributed by atoms with E-state index in [1.54, 1.807) is 0 Å². The molecule has 0 N–H and O–H groups in total. The van der Waals surface area contributed by atoms with Gasteiger partial charge in [0.2, 0.25) is 0 Å². The van der Waals surface area contributed by atoms with Gasteiger partial charge in [-0.1, -0.05) is 52.2 Å². The Morgan fingerprint density at radius 3 is 2.62 bits per heavy atom. The van der Waals surface area contributed by atoms with Gasteiger partial charge in [-0.15, -0.1) is 0 Å². The Morgan fingerprint density at radius 2 is 2.00 bits per heavy atom. The van der Waals surface area contributed by atoms with Crippen molar-refractivity contribution < 1.29 is 0 Å². The SMILES string of the molecule is CCC/C=C1/CC2C(C)CC(CC)C1C2C. The van der Waals surface area contributed by atoms with E-state index in [0.717, 1.165) is 29.6 Å². The smallest absolute Gasteiger partial charge is 0.0146 e. The average molecular weight is 220 g/mol. The fourth-order valence-electron chi connectivity index (χ4n) is 4.42. The molecular formula is C16H28. The summed E-state index contributed by atoms with van der Waals surface area (Å²) in [6.07, 6.45) is 9.48. The minimum absolute atomic E-state index is 0.942. The number of fused-ring (bicyclic) bond motifs is 2. The van der Waals surface area contributed by atoms with Gasteiger partial charge in [-0.05, 0) is 48.9 Å². The van der Waals surface area contributed by atoms with Gasteiger partial charge in [0, 0.05) is 0 Å². The van der Waals surface area contributed by atoms with Crippen molar-refractivity contribution in [2.45, 2.75) is 59.8 Å². The van der Waals surface area contributed by atoms with E-state index in [2.05, 4.69) is 33.8 Å². The summed E-state index contributed by atoms with van der Waals surface area (Å²) in [6.45, 7) is 9.69. The summed E-state index contributed by atoms with van der Waals surface area (Å²) < 4.78 is 0. The molecule has 2 bridgehead atoms. The molecule has 0 spiro atoms. The Labute approximate surface area is 102 Å². The number of hydrogen-bond donors (Lipinski definition) is 0. The molecule has 0 heteroatoms. The van der Waals surface area contributed by atoms with Gasteiger partial charge in [0.15, 0.2) is 0 Å². The lowest BCUT2D eigenvalue weighted by Gasteiger charge is -2.38. The molecule has 0 aliphatic heterocycles. The van der Waals surface area contributed by atoms with Crippen LogP contribution in [0.1, 0.15) is 59.8 Å². The third-order valence-electron chi connectivity index (χ3n) is 5.27. The zero-order chi connectivity index (χ0) is 11.7. The van der Waals surface area contributed by atoms with Crippen LogP contribution in [0.25, 0.3) is 0 Å². The van der Waals surface area contributed by atoms with E-state index in [1.807, 2.05) is 5.57 Å². The summed E-state index contributed by atoms with van der Waals surface area (Å²) in [5.74, 6) is 4.83. The summed E-state index contributed by atoms with van der Waals surface area (Å²) in [4.78, 5) is 0. The van der Waals surface area contributed by atoms with E-state index in [4.69, 9.17) is 0 Å². The lowest BCUT2D eigenvalue weighted by Crippen LogP contribution is -2.31. The second-order valence-corrected chi connectivity index (χ2v) is 6.20. The monoisotopic (exact) mass is 220 g/mol.